The third-order valence-corrected chi connectivity index (χ3v) is 4.93. The van der Waals surface area contributed by atoms with Crippen molar-refractivity contribution in [1.82, 2.24) is 0 Å². The molecule has 168 valence electrons. The fourth-order valence-electron chi connectivity index (χ4n) is 3.25. The summed E-state index contributed by atoms with van der Waals surface area (Å²) in [5.41, 5.74) is -0.709. The SMILES string of the molecule is CCCCCCCCCCCCOC1=NN(c2cccc(C(F)(F)F)c2)C(C=O)O1. The van der Waals surface area contributed by atoms with Gasteiger partial charge in [-0.1, -0.05) is 75.9 Å². The Hall–Kier alpha value is -2.25. The third-order valence-electron chi connectivity index (χ3n) is 4.93. The van der Waals surface area contributed by atoms with Gasteiger partial charge in [0.2, 0.25) is 0 Å². The van der Waals surface area contributed by atoms with Crippen molar-refractivity contribution >= 4 is 18.1 Å². The Morgan fingerprint density at radius 3 is 2.30 bits per heavy atom. The Morgan fingerprint density at radius 2 is 1.70 bits per heavy atom. The highest BCUT2D eigenvalue weighted by Gasteiger charge is 2.34. The maximum atomic E-state index is 12.9. The Bertz CT molecular complexity index is 680. The van der Waals surface area contributed by atoms with Gasteiger partial charge in [-0.2, -0.15) is 13.2 Å². The zero-order chi connectivity index (χ0) is 21.8. The number of alkyl halides is 3. The van der Waals surface area contributed by atoms with Crippen LogP contribution in [0.3, 0.4) is 0 Å². The standard InChI is InChI=1S/C22H31F3N2O3/c1-2-3-4-5-6-7-8-9-10-11-15-29-21-26-27(20(17-28)30-21)19-14-12-13-18(16-19)22(23,24)25/h12-14,16-17,20H,2-11,15H2,1H3. The Kier molecular flexibility index (Phi) is 9.97. The number of rotatable bonds is 13. The van der Waals surface area contributed by atoms with Crippen LogP contribution in [0.2, 0.25) is 0 Å². The molecule has 1 aromatic rings. The summed E-state index contributed by atoms with van der Waals surface area (Å²) in [5, 5.41) is 5.12. The van der Waals surface area contributed by atoms with E-state index < -0.39 is 18.0 Å². The van der Waals surface area contributed by atoms with Crippen molar-refractivity contribution in [1.29, 1.82) is 0 Å². The zero-order valence-corrected chi connectivity index (χ0v) is 17.5. The normalized spacial score (nSPS) is 16.3. The molecule has 8 heteroatoms. The van der Waals surface area contributed by atoms with Gasteiger partial charge in [-0.05, 0) is 24.6 Å². The molecule has 1 aromatic carbocycles. The van der Waals surface area contributed by atoms with Gasteiger partial charge in [0, 0.05) is 0 Å². The summed E-state index contributed by atoms with van der Waals surface area (Å²) in [5.74, 6) is 0. The molecule has 0 spiro atoms. The maximum absolute atomic E-state index is 12.9. The first kappa shape index (κ1) is 24.0. The number of benzene rings is 1. The molecular weight excluding hydrogens is 397 g/mol. The highest BCUT2D eigenvalue weighted by atomic mass is 19.4. The van der Waals surface area contributed by atoms with Crippen molar-refractivity contribution in [2.24, 2.45) is 5.10 Å². The van der Waals surface area contributed by atoms with Crippen molar-refractivity contribution in [2.75, 3.05) is 11.6 Å². The van der Waals surface area contributed by atoms with Gasteiger partial charge >= 0.3 is 12.3 Å². The fourth-order valence-corrected chi connectivity index (χ4v) is 3.25. The van der Waals surface area contributed by atoms with E-state index in [1.165, 1.54) is 57.1 Å². The first-order valence-corrected chi connectivity index (χ1v) is 10.8. The lowest BCUT2D eigenvalue weighted by molar-refractivity contribution is -0.137. The van der Waals surface area contributed by atoms with Crippen LogP contribution in [0.15, 0.2) is 29.4 Å². The van der Waals surface area contributed by atoms with Crippen LogP contribution in [-0.2, 0) is 20.4 Å². The number of hydrazone groups is 1. The summed E-state index contributed by atoms with van der Waals surface area (Å²) in [6.07, 6.45) is 6.72. The molecule has 2 rings (SSSR count). The number of ether oxygens (including phenoxy) is 2. The van der Waals surface area contributed by atoms with Crippen LogP contribution >= 0.6 is 0 Å². The summed E-state index contributed by atoms with van der Waals surface area (Å²) in [6, 6.07) is 4.58. The number of carbonyl (C=O) groups excluding carboxylic acids is 1. The van der Waals surface area contributed by atoms with Crippen molar-refractivity contribution in [2.45, 2.75) is 83.5 Å². The minimum Gasteiger partial charge on any atom is -0.449 e. The van der Waals surface area contributed by atoms with E-state index in [-0.39, 0.29) is 11.8 Å². The molecular formula is C22H31F3N2O3. The first-order valence-electron chi connectivity index (χ1n) is 10.8. The molecule has 1 aliphatic heterocycles. The minimum atomic E-state index is -4.48. The molecule has 1 heterocycles. The molecule has 1 aliphatic rings. The van der Waals surface area contributed by atoms with Gasteiger partial charge in [0.05, 0.1) is 17.9 Å². The second-order valence-electron chi connectivity index (χ2n) is 7.43. The first-order chi connectivity index (χ1) is 14.5. The molecule has 0 saturated carbocycles. The van der Waals surface area contributed by atoms with Gasteiger partial charge in [0.1, 0.15) is 0 Å². The van der Waals surface area contributed by atoms with Crippen molar-refractivity contribution in [3.63, 3.8) is 0 Å². The van der Waals surface area contributed by atoms with Crippen LogP contribution in [0.5, 0.6) is 0 Å². The summed E-state index contributed by atoms with van der Waals surface area (Å²) in [7, 11) is 0. The molecule has 5 nitrogen and oxygen atoms in total. The molecule has 0 radical (unpaired) electrons. The molecule has 1 unspecified atom stereocenters. The molecule has 30 heavy (non-hydrogen) atoms. The van der Waals surface area contributed by atoms with Gasteiger partial charge in [0.25, 0.3) is 6.23 Å². The summed E-state index contributed by atoms with van der Waals surface area (Å²) in [4.78, 5) is 11.3. The average Bonchev–Trinajstić information content (AvgIpc) is 3.15. The number of halogens is 3. The zero-order valence-electron chi connectivity index (χ0n) is 17.5. The largest absolute Gasteiger partial charge is 0.449 e. The number of anilines is 1. The monoisotopic (exact) mass is 428 g/mol. The molecule has 0 saturated heterocycles. The lowest BCUT2D eigenvalue weighted by Crippen LogP contribution is -2.29. The predicted molar refractivity (Wildman–Crippen MR) is 110 cm³/mol. The van der Waals surface area contributed by atoms with E-state index >= 15 is 0 Å². The van der Waals surface area contributed by atoms with Crippen LogP contribution in [0, 0.1) is 0 Å². The fraction of sp³-hybridized carbons (Fsp3) is 0.636. The summed E-state index contributed by atoms with van der Waals surface area (Å²) >= 11 is 0. The van der Waals surface area contributed by atoms with Gasteiger partial charge in [-0.25, -0.2) is 5.01 Å². The summed E-state index contributed by atoms with van der Waals surface area (Å²) in [6.45, 7) is 2.60. The van der Waals surface area contributed by atoms with Gasteiger partial charge in [0.15, 0.2) is 6.29 Å². The van der Waals surface area contributed by atoms with Crippen LogP contribution in [0.25, 0.3) is 0 Å². The van der Waals surface area contributed by atoms with Crippen LogP contribution in [0.4, 0.5) is 18.9 Å². The molecule has 0 amide bonds. The van der Waals surface area contributed by atoms with E-state index in [0.717, 1.165) is 36.4 Å². The average molecular weight is 428 g/mol. The highest BCUT2D eigenvalue weighted by molar-refractivity contribution is 5.78. The smallest absolute Gasteiger partial charge is 0.416 e. The maximum Gasteiger partial charge on any atom is 0.416 e. The van der Waals surface area contributed by atoms with Crippen molar-refractivity contribution in [3.05, 3.63) is 29.8 Å². The van der Waals surface area contributed by atoms with Gasteiger partial charge in [-0.15, -0.1) is 0 Å². The summed E-state index contributed by atoms with van der Waals surface area (Å²) < 4.78 is 49.5. The lowest BCUT2D eigenvalue weighted by Gasteiger charge is -2.17. The Balaban J connectivity index is 1.71. The molecule has 0 N–H and O–H groups in total. The van der Waals surface area contributed by atoms with E-state index in [0.29, 0.717) is 12.9 Å². The lowest BCUT2D eigenvalue weighted by atomic mass is 10.1. The molecule has 0 fully saturated rings. The molecule has 0 aromatic heterocycles. The Labute approximate surface area is 176 Å². The van der Waals surface area contributed by atoms with Crippen LogP contribution in [-0.4, -0.2) is 25.2 Å². The third kappa shape index (κ3) is 7.88. The number of hydrogen-bond donors (Lipinski definition) is 0. The number of carbonyl (C=O) groups is 1. The van der Waals surface area contributed by atoms with Crippen LogP contribution < -0.4 is 5.01 Å². The second-order valence-corrected chi connectivity index (χ2v) is 7.43. The number of hydrogen-bond acceptors (Lipinski definition) is 5. The van der Waals surface area contributed by atoms with Crippen LogP contribution in [0.1, 0.15) is 76.7 Å². The molecule has 1 atom stereocenters. The quantitative estimate of drug-likeness (QED) is 0.274. The van der Waals surface area contributed by atoms with E-state index in [1.807, 2.05) is 0 Å². The number of nitrogens with zero attached hydrogens (tertiary/aromatic N) is 2. The predicted octanol–water partition coefficient (Wildman–Crippen LogP) is 6.28. The molecule has 0 aliphatic carbocycles. The van der Waals surface area contributed by atoms with Crippen molar-refractivity contribution < 1.29 is 27.4 Å². The Morgan fingerprint density at radius 1 is 1.07 bits per heavy atom. The minimum absolute atomic E-state index is 0.0968. The van der Waals surface area contributed by atoms with E-state index in [2.05, 4.69) is 12.0 Å². The van der Waals surface area contributed by atoms with E-state index in [1.54, 1.807) is 0 Å². The topological polar surface area (TPSA) is 51.1 Å². The number of aldehydes is 1. The van der Waals surface area contributed by atoms with E-state index in [4.69, 9.17) is 9.47 Å². The van der Waals surface area contributed by atoms with Gasteiger partial charge < -0.3 is 9.47 Å². The molecule has 0 bridgehead atoms. The van der Waals surface area contributed by atoms with E-state index in [9.17, 15) is 18.0 Å². The van der Waals surface area contributed by atoms with Crippen molar-refractivity contribution in [3.8, 4) is 0 Å². The second kappa shape index (κ2) is 12.4. The highest BCUT2D eigenvalue weighted by Crippen LogP contribution is 2.33. The number of unbranched alkanes of at least 4 members (excludes halogenated alkanes) is 9. The van der Waals surface area contributed by atoms with Gasteiger partial charge in [-0.3, -0.25) is 4.79 Å².